The summed E-state index contributed by atoms with van der Waals surface area (Å²) in [6.07, 6.45) is 0.434. The Kier molecular flexibility index (Phi) is 9.32. The van der Waals surface area contributed by atoms with Crippen LogP contribution in [0.3, 0.4) is 0 Å². The zero-order chi connectivity index (χ0) is 24.2. The number of aromatic nitrogens is 3. The highest BCUT2D eigenvalue weighted by atomic mass is 32.2. The van der Waals surface area contributed by atoms with Crippen molar-refractivity contribution in [3.63, 3.8) is 0 Å². The van der Waals surface area contributed by atoms with Crippen molar-refractivity contribution in [2.45, 2.75) is 24.6 Å². The molecule has 0 bridgehead atoms. The molecule has 174 valence electrons. The van der Waals surface area contributed by atoms with Crippen molar-refractivity contribution in [1.82, 2.24) is 19.7 Å². The van der Waals surface area contributed by atoms with E-state index in [1.807, 2.05) is 71.3 Å². The first-order valence-electron chi connectivity index (χ1n) is 10.6. The monoisotopic (exact) mass is 476 g/mol. The summed E-state index contributed by atoms with van der Waals surface area (Å²) < 4.78 is 12.9. The number of carbonyl (C=O) groups is 1. The highest BCUT2D eigenvalue weighted by Gasteiger charge is 2.19. The molecule has 1 heterocycles. The van der Waals surface area contributed by atoms with Gasteiger partial charge in [-0.3, -0.25) is 9.36 Å². The van der Waals surface area contributed by atoms with Gasteiger partial charge in [0.25, 0.3) is 0 Å². The number of ether oxygens (including phenoxy) is 2. The Labute approximate surface area is 202 Å². The molecule has 1 amide bonds. The maximum absolute atomic E-state index is 12.7. The maximum atomic E-state index is 12.7. The molecule has 10 heteroatoms. The molecule has 3 aromatic rings. The number of para-hydroxylation sites is 1. The third-order valence-corrected chi connectivity index (χ3v) is 5.72. The number of rotatable bonds is 12. The van der Waals surface area contributed by atoms with Crippen LogP contribution < -0.4 is 9.47 Å². The van der Waals surface area contributed by atoms with E-state index in [-0.39, 0.29) is 31.1 Å². The van der Waals surface area contributed by atoms with Crippen molar-refractivity contribution in [2.24, 2.45) is 0 Å². The van der Waals surface area contributed by atoms with Gasteiger partial charge >= 0.3 is 0 Å². The summed E-state index contributed by atoms with van der Waals surface area (Å²) in [7, 11) is 1.61. The Morgan fingerprint density at radius 2 is 1.65 bits per heavy atom. The van der Waals surface area contributed by atoms with Crippen molar-refractivity contribution in [3.8, 4) is 29.3 Å². The Bertz CT molecular complexity index is 1130. The Hall–Kier alpha value is -4.02. The van der Waals surface area contributed by atoms with Crippen molar-refractivity contribution in [3.05, 3.63) is 60.4 Å². The quantitative estimate of drug-likeness (QED) is 0.364. The molecule has 0 fully saturated rings. The highest BCUT2D eigenvalue weighted by Crippen LogP contribution is 2.24. The van der Waals surface area contributed by atoms with E-state index in [4.69, 9.17) is 20.0 Å². The third kappa shape index (κ3) is 6.74. The fraction of sp³-hybridized carbons (Fsp3) is 0.292. The molecule has 0 radical (unpaired) electrons. The summed E-state index contributed by atoms with van der Waals surface area (Å²) in [4.78, 5) is 14.3. The average molecular weight is 477 g/mol. The van der Waals surface area contributed by atoms with E-state index < -0.39 is 0 Å². The normalized spacial score (nSPS) is 10.2. The summed E-state index contributed by atoms with van der Waals surface area (Å²) in [5, 5.41) is 26.8. The predicted octanol–water partition coefficient (Wildman–Crippen LogP) is 3.60. The predicted molar refractivity (Wildman–Crippen MR) is 126 cm³/mol. The molecule has 3 rings (SSSR count). The SMILES string of the molecule is COc1ccc(OCc2nnc(SCC(=O)N(CCC#N)CCC#N)n2-c2ccccc2)cc1. The van der Waals surface area contributed by atoms with E-state index in [1.54, 1.807) is 7.11 Å². The van der Waals surface area contributed by atoms with Gasteiger partial charge in [0.2, 0.25) is 5.91 Å². The van der Waals surface area contributed by atoms with Crippen molar-refractivity contribution in [2.75, 3.05) is 26.0 Å². The van der Waals surface area contributed by atoms with E-state index in [9.17, 15) is 4.79 Å². The minimum atomic E-state index is -0.158. The second-order valence-corrected chi connectivity index (χ2v) is 7.96. The van der Waals surface area contributed by atoms with Crippen molar-refractivity contribution >= 4 is 17.7 Å². The summed E-state index contributed by atoms with van der Waals surface area (Å²) in [6.45, 7) is 0.771. The van der Waals surface area contributed by atoms with E-state index in [2.05, 4.69) is 10.2 Å². The van der Waals surface area contributed by atoms with Crippen LogP contribution in [-0.2, 0) is 11.4 Å². The van der Waals surface area contributed by atoms with Crippen LogP contribution in [0.1, 0.15) is 18.7 Å². The minimum absolute atomic E-state index is 0.112. The standard InChI is InChI=1S/C24H24N6O3S/c1-32-20-9-11-21(12-10-20)33-17-22-27-28-24(30(22)19-7-3-2-4-8-19)34-18-23(31)29(15-5-13-25)16-6-14-26/h2-4,7-12H,5-6,15-18H2,1H3. The number of benzene rings is 2. The molecular formula is C24H24N6O3S. The lowest BCUT2D eigenvalue weighted by Crippen LogP contribution is -2.34. The molecule has 0 aliphatic heterocycles. The van der Waals surface area contributed by atoms with E-state index >= 15 is 0 Å². The van der Waals surface area contributed by atoms with Crippen LogP contribution in [0, 0.1) is 22.7 Å². The first kappa shape index (κ1) is 24.6. The van der Waals surface area contributed by atoms with Gasteiger partial charge in [-0.1, -0.05) is 30.0 Å². The molecule has 0 atom stereocenters. The summed E-state index contributed by atoms with van der Waals surface area (Å²) in [5.41, 5.74) is 0.849. The van der Waals surface area contributed by atoms with Gasteiger partial charge in [0, 0.05) is 18.8 Å². The molecule has 9 nitrogen and oxygen atoms in total. The van der Waals surface area contributed by atoms with Crippen LogP contribution in [0.5, 0.6) is 11.5 Å². The van der Waals surface area contributed by atoms with Crippen LogP contribution in [0.25, 0.3) is 5.69 Å². The number of carbonyl (C=O) groups excluding carboxylic acids is 1. The summed E-state index contributed by atoms with van der Waals surface area (Å²) in [5.74, 6) is 1.94. The van der Waals surface area contributed by atoms with Crippen molar-refractivity contribution in [1.29, 1.82) is 10.5 Å². The lowest BCUT2D eigenvalue weighted by molar-refractivity contribution is -0.128. The van der Waals surface area contributed by atoms with E-state index in [0.717, 1.165) is 11.4 Å². The average Bonchev–Trinajstić information content (AvgIpc) is 3.29. The van der Waals surface area contributed by atoms with Gasteiger partial charge in [-0.15, -0.1) is 10.2 Å². The lowest BCUT2D eigenvalue weighted by atomic mass is 10.3. The van der Waals surface area contributed by atoms with Crippen LogP contribution in [-0.4, -0.2) is 51.5 Å². The van der Waals surface area contributed by atoms with Gasteiger partial charge in [-0.25, -0.2) is 0 Å². The zero-order valence-corrected chi connectivity index (χ0v) is 19.6. The van der Waals surface area contributed by atoms with Gasteiger partial charge in [-0.2, -0.15) is 10.5 Å². The second-order valence-electron chi connectivity index (χ2n) is 7.02. The molecule has 0 spiro atoms. The van der Waals surface area contributed by atoms with Gasteiger partial charge in [-0.05, 0) is 36.4 Å². The Balaban J connectivity index is 1.75. The smallest absolute Gasteiger partial charge is 0.233 e. The third-order valence-electron chi connectivity index (χ3n) is 4.81. The number of methoxy groups -OCH3 is 1. The lowest BCUT2D eigenvalue weighted by Gasteiger charge is -2.20. The van der Waals surface area contributed by atoms with Gasteiger partial charge in [0.1, 0.15) is 18.1 Å². The van der Waals surface area contributed by atoms with Crippen LogP contribution >= 0.6 is 11.8 Å². The molecule has 0 unspecified atom stereocenters. The fourth-order valence-corrected chi connectivity index (χ4v) is 3.97. The molecule has 0 aliphatic rings. The molecule has 0 saturated heterocycles. The first-order chi connectivity index (χ1) is 16.7. The van der Waals surface area contributed by atoms with E-state index in [0.29, 0.717) is 29.8 Å². The number of hydrogen-bond acceptors (Lipinski definition) is 8. The second kappa shape index (κ2) is 12.9. The van der Waals surface area contributed by atoms with Gasteiger partial charge in [0.15, 0.2) is 11.0 Å². The molecular weight excluding hydrogens is 452 g/mol. The number of hydrogen-bond donors (Lipinski definition) is 0. The molecule has 0 saturated carbocycles. The van der Waals surface area contributed by atoms with Crippen LogP contribution in [0.2, 0.25) is 0 Å². The largest absolute Gasteiger partial charge is 0.497 e. The number of amides is 1. The Morgan fingerprint density at radius 1 is 1.00 bits per heavy atom. The van der Waals surface area contributed by atoms with Crippen LogP contribution in [0.4, 0.5) is 0 Å². The number of thioether (sulfide) groups is 1. The summed E-state index contributed by atoms with van der Waals surface area (Å²) in [6, 6.07) is 20.9. The first-order valence-corrected chi connectivity index (χ1v) is 11.6. The number of nitriles is 2. The van der Waals surface area contributed by atoms with Gasteiger partial charge in [0.05, 0.1) is 37.8 Å². The zero-order valence-electron chi connectivity index (χ0n) is 18.8. The topological polar surface area (TPSA) is 117 Å². The number of nitrogens with zero attached hydrogens (tertiary/aromatic N) is 6. The molecule has 0 N–H and O–H groups in total. The maximum Gasteiger partial charge on any atom is 0.233 e. The highest BCUT2D eigenvalue weighted by molar-refractivity contribution is 7.99. The molecule has 0 aliphatic carbocycles. The van der Waals surface area contributed by atoms with E-state index in [1.165, 1.54) is 16.7 Å². The molecule has 1 aromatic heterocycles. The van der Waals surface area contributed by atoms with Crippen LogP contribution in [0.15, 0.2) is 59.8 Å². The fourth-order valence-electron chi connectivity index (χ4n) is 3.09. The molecule has 34 heavy (non-hydrogen) atoms. The summed E-state index contributed by atoms with van der Waals surface area (Å²) >= 11 is 1.25. The van der Waals surface area contributed by atoms with Gasteiger partial charge < -0.3 is 14.4 Å². The minimum Gasteiger partial charge on any atom is -0.497 e. The molecule has 2 aromatic carbocycles. The Morgan fingerprint density at radius 3 is 2.26 bits per heavy atom. The van der Waals surface area contributed by atoms with Crippen molar-refractivity contribution < 1.29 is 14.3 Å².